The molecular formula is C15H21N3O4. The fraction of sp³-hybridized carbons (Fsp3) is 0.533. The van der Waals surface area contributed by atoms with Crippen molar-refractivity contribution in [3.63, 3.8) is 0 Å². The van der Waals surface area contributed by atoms with Crippen molar-refractivity contribution >= 4 is 11.8 Å². The summed E-state index contributed by atoms with van der Waals surface area (Å²) in [5.41, 5.74) is 0.747. The van der Waals surface area contributed by atoms with Gasteiger partial charge in [0.1, 0.15) is 0 Å². The molecule has 7 nitrogen and oxygen atoms in total. The van der Waals surface area contributed by atoms with Crippen LogP contribution in [0.4, 0.5) is 10.5 Å². The van der Waals surface area contributed by atoms with Crippen molar-refractivity contribution in [3.8, 4) is 0 Å². The molecule has 0 spiro atoms. The van der Waals surface area contributed by atoms with Gasteiger partial charge < -0.3 is 15.3 Å². The normalized spacial score (nSPS) is 17.2. The molecule has 0 aromatic heterocycles. The first-order valence-electron chi connectivity index (χ1n) is 7.36. The minimum Gasteiger partial charge on any atom is -0.465 e. The fourth-order valence-corrected chi connectivity index (χ4v) is 2.77. The lowest BCUT2D eigenvalue weighted by Gasteiger charge is -2.39. The highest BCUT2D eigenvalue weighted by molar-refractivity contribution is 5.65. The average Bonchev–Trinajstić information content (AvgIpc) is 2.48. The Kier molecular flexibility index (Phi) is 4.97. The molecule has 1 amide bonds. The second kappa shape index (κ2) is 6.74. The first kappa shape index (κ1) is 16.2. The van der Waals surface area contributed by atoms with Gasteiger partial charge in [-0.05, 0) is 32.7 Å². The van der Waals surface area contributed by atoms with E-state index < -0.39 is 6.09 Å². The Morgan fingerprint density at radius 3 is 2.64 bits per heavy atom. The first-order valence-corrected chi connectivity index (χ1v) is 7.36. The predicted molar refractivity (Wildman–Crippen MR) is 82.0 cm³/mol. The van der Waals surface area contributed by atoms with Crippen molar-refractivity contribution in [1.82, 2.24) is 10.2 Å². The van der Waals surface area contributed by atoms with Crippen LogP contribution >= 0.6 is 0 Å². The smallest absolute Gasteiger partial charge is 0.407 e. The Bertz CT molecular complexity index is 553. The summed E-state index contributed by atoms with van der Waals surface area (Å²) in [6.07, 6.45) is 1.20. The molecule has 1 fully saturated rings. The number of hydrogen-bond acceptors (Lipinski definition) is 4. The van der Waals surface area contributed by atoms with E-state index in [1.165, 1.54) is 11.0 Å². The number of nitrogens with zero attached hydrogens (tertiary/aromatic N) is 2. The molecule has 2 rings (SSSR count). The van der Waals surface area contributed by atoms with E-state index in [4.69, 9.17) is 5.11 Å². The molecule has 0 unspecified atom stereocenters. The van der Waals surface area contributed by atoms with Crippen molar-refractivity contribution in [2.45, 2.75) is 31.7 Å². The quantitative estimate of drug-likeness (QED) is 0.642. The minimum absolute atomic E-state index is 0.116. The molecular weight excluding hydrogens is 286 g/mol. The minimum atomic E-state index is -0.873. The number of piperidine rings is 1. The molecule has 1 aliphatic heterocycles. The van der Waals surface area contributed by atoms with E-state index in [0.717, 1.165) is 12.8 Å². The molecule has 2 N–H and O–H groups in total. The van der Waals surface area contributed by atoms with Crippen LogP contribution in [0, 0.1) is 10.1 Å². The number of carboxylic acid groups (broad SMARTS) is 1. The van der Waals surface area contributed by atoms with E-state index in [1.54, 1.807) is 18.2 Å². The standard InChI is InChI=1S/C15H21N3O4/c1-15(7-10-17(11-8-15)14(19)20)16-9-6-12-4-2-3-5-13(12)18(21)22/h2-5,16H,6-11H2,1H3,(H,19,20). The number of nitrogens with one attached hydrogen (secondary N) is 1. The summed E-state index contributed by atoms with van der Waals surface area (Å²) < 4.78 is 0. The Morgan fingerprint density at radius 1 is 1.41 bits per heavy atom. The summed E-state index contributed by atoms with van der Waals surface area (Å²) >= 11 is 0. The molecule has 1 heterocycles. The van der Waals surface area contributed by atoms with Crippen LogP contribution in [-0.2, 0) is 6.42 Å². The van der Waals surface area contributed by atoms with Gasteiger partial charge in [-0.3, -0.25) is 10.1 Å². The summed E-state index contributed by atoms with van der Waals surface area (Å²) in [6.45, 7) is 3.74. The van der Waals surface area contributed by atoms with Gasteiger partial charge in [-0.2, -0.15) is 0 Å². The molecule has 7 heteroatoms. The highest BCUT2D eigenvalue weighted by Crippen LogP contribution is 2.22. The van der Waals surface area contributed by atoms with Crippen molar-refractivity contribution in [2.75, 3.05) is 19.6 Å². The van der Waals surface area contributed by atoms with E-state index in [1.807, 2.05) is 0 Å². The zero-order chi connectivity index (χ0) is 16.2. The summed E-state index contributed by atoms with van der Waals surface area (Å²) in [5.74, 6) is 0. The highest BCUT2D eigenvalue weighted by Gasteiger charge is 2.31. The first-order chi connectivity index (χ1) is 10.4. The van der Waals surface area contributed by atoms with Gasteiger partial charge in [0.2, 0.25) is 0 Å². The van der Waals surface area contributed by atoms with Crippen LogP contribution in [0.2, 0.25) is 0 Å². The largest absolute Gasteiger partial charge is 0.465 e. The van der Waals surface area contributed by atoms with Crippen LogP contribution in [0.15, 0.2) is 24.3 Å². The SMILES string of the molecule is CC1(NCCc2ccccc2[N+](=O)[O-])CCN(C(=O)O)CC1. The zero-order valence-electron chi connectivity index (χ0n) is 12.6. The maximum absolute atomic E-state index is 11.0. The van der Waals surface area contributed by atoms with Crippen LogP contribution in [-0.4, -0.2) is 46.2 Å². The molecule has 1 aromatic rings. The number of benzene rings is 1. The summed E-state index contributed by atoms with van der Waals surface area (Å²) in [5, 5.41) is 23.4. The molecule has 0 aliphatic carbocycles. The highest BCUT2D eigenvalue weighted by atomic mass is 16.6. The lowest BCUT2D eigenvalue weighted by atomic mass is 9.89. The number of likely N-dealkylation sites (tertiary alicyclic amines) is 1. The van der Waals surface area contributed by atoms with Gasteiger partial charge in [0.15, 0.2) is 0 Å². The van der Waals surface area contributed by atoms with Gasteiger partial charge in [0.05, 0.1) is 4.92 Å². The number of nitro groups is 1. The molecule has 120 valence electrons. The van der Waals surface area contributed by atoms with Gasteiger partial charge in [-0.15, -0.1) is 0 Å². The Hall–Kier alpha value is -2.15. The number of para-hydroxylation sites is 1. The maximum atomic E-state index is 11.0. The Balaban J connectivity index is 1.87. The third-order valence-corrected chi connectivity index (χ3v) is 4.27. The van der Waals surface area contributed by atoms with Gasteiger partial charge in [-0.1, -0.05) is 18.2 Å². The Labute approximate surface area is 129 Å². The maximum Gasteiger partial charge on any atom is 0.407 e. The Morgan fingerprint density at radius 2 is 2.05 bits per heavy atom. The lowest BCUT2D eigenvalue weighted by molar-refractivity contribution is -0.385. The van der Waals surface area contributed by atoms with Gasteiger partial charge in [0.25, 0.3) is 5.69 Å². The van der Waals surface area contributed by atoms with E-state index in [0.29, 0.717) is 31.6 Å². The topological polar surface area (TPSA) is 95.7 Å². The van der Waals surface area contributed by atoms with E-state index >= 15 is 0 Å². The molecule has 1 aromatic carbocycles. The van der Waals surface area contributed by atoms with E-state index in [2.05, 4.69) is 12.2 Å². The van der Waals surface area contributed by atoms with Crippen molar-refractivity contribution < 1.29 is 14.8 Å². The third kappa shape index (κ3) is 3.94. The van der Waals surface area contributed by atoms with E-state index in [9.17, 15) is 14.9 Å². The number of amides is 1. The van der Waals surface area contributed by atoms with Crippen LogP contribution in [0.3, 0.4) is 0 Å². The monoisotopic (exact) mass is 307 g/mol. The number of carbonyl (C=O) groups is 1. The van der Waals surface area contributed by atoms with Crippen LogP contribution < -0.4 is 5.32 Å². The average molecular weight is 307 g/mol. The molecule has 0 saturated carbocycles. The van der Waals surface area contributed by atoms with Crippen LogP contribution in [0.25, 0.3) is 0 Å². The zero-order valence-corrected chi connectivity index (χ0v) is 12.6. The van der Waals surface area contributed by atoms with E-state index in [-0.39, 0.29) is 16.1 Å². The van der Waals surface area contributed by atoms with Crippen molar-refractivity contribution in [3.05, 3.63) is 39.9 Å². The second-order valence-electron chi connectivity index (χ2n) is 5.89. The number of hydrogen-bond donors (Lipinski definition) is 2. The van der Waals surface area contributed by atoms with Gasteiger partial charge in [-0.25, -0.2) is 4.79 Å². The van der Waals surface area contributed by atoms with Crippen LogP contribution in [0.5, 0.6) is 0 Å². The second-order valence-corrected chi connectivity index (χ2v) is 5.89. The summed E-state index contributed by atoms with van der Waals surface area (Å²) in [6, 6.07) is 6.75. The predicted octanol–water partition coefficient (Wildman–Crippen LogP) is 2.26. The molecule has 22 heavy (non-hydrogen) atoms. The van der Waals surface area contributed by atoms with Crippen molar-refractivity contribution in [2.24, 2.45) is 0 Å². The molecule has 0 atom stereocenters. The lowest BCUT2D eigenvalue weighted by Crippen LogP contribution is -2.52. The molecule has 0 radical (unpaired) electrons. The number of nitro benzene ring substituents is 1. The summed E-state index contributed by atoms with van der Waals surface area (Å²) in [7, 11) is 0. The molecule has 1 saturated heterocycles. The summed E-state index contributed by atoms with van der Waals surface area (Å²) in [4.78, 5) is 22.9. The number of rotatable bonds is 5. The fourth-order valence-electron chi connectivity index (χ4n) is 2.77. The van der Waals surface area contributed by atoms with Gasteiger partial charge in [0, 0.05) is 30.3 Å². The van der Waals surface area contributed by atoms with Crippen molar-refractivity contribution in [1.29, 1.82) is 0 Å². The van der Waals surface area contributed by atoms with Gasteiger partial charge >= 0.3 is 6.09 Å². The third-order valence-electron chi connectivity index (χ3n) is 4.27. The molecule has 1 aliphatic rings. The molecule has 0 bridgehead atoms. The van der Waals surface area contributed by atoms with Crippen LogP contribution in [0.1, 0.15) is 25.3 Å².